The van der Waals surface area contributed by atoms with E-state index in [1.807, 2.05) is 76.3 Å². The number of rotatable bonds is 2. The number of allylic oxidation sites excluding steroid dienone is 2. The van der Waals surface area contributed by atoms with Crippen molar-refractivity contribution in [2.75, 3.05) is 0 Å². The van der Waals surface area contributed by atoms with Crippen LogP contribution in [0.25, 0.3) is 0 Å². The fraction of sp³-hybridized carbons (Fsp3) is 0.133. The molecule has 0 N–H and O–H groups in total. The Kier molecular flexibility index (Phi) is 12.4. The Morgan fingerprint density at radius 3 is 1.03 bits per heavy atom. The zero-order valence-electron chi connectivity index (χ0n) is 19.0. The predicted molar refractivity (Wildman–Crippen MR) is 134 cm³/mol. The average molecular weight is 512 g/mol. The molecule has 0 atom stereocenters. The van der Waals surface area contributed by atoms with Gasteiger partial charge in [-0.3, -0.25) is 0 Å². The molecule has 1 saturated heterocycles. The molecule has 0 amide bonds. The summed E-state index contributed by atoms with van der Waals surface area (Å²) < 4.78 is 0. The van der Waals surface area contributed by atoms with Gasteiger partial charge in [-0.2, -0.15) is 41.8 Å². The van der Waals surface area contributed by atoms with Crippen molar-refractivity contribution in [2.24, 2.45) is 0 Å². The van der Waals surface area contributed by atoms with Crippen molar-refractivity contribution in [1.29, 1.82) is 0 Å². The van der Waals surface area contributed by atoms with Gasteiger partial charge >= 0.3 is 26.2 Å². The molecule has 2 aliphatic carbocycles. The van der Waals surface area contributed by atoms with Crippen molar-refractivity contribution in [3.05, 3.63) is 159 Å². The van der Waals surface area contributed by atoms with Crippen LogP contribution in [0.5, 0.6) is 0 Å². The van der Waals surface area contributed by atoms with Crippen LogP contribution in [0.2, 0.25) is 0 Å². The summed E-state index contributed by atoms with van der Waals surface area (Å²) in [7, 11) is -0.255. The van der Waals surface area contributed by atoms with E-state index in [0.717, 1.165) is 11.1 Å². The summed E-state index contributed by atoms with van der Waals surface area (Å²) >= 11 is 0. The molecule has 2 aromatic carbocycles. The predicted octanol–water partition coefficient (Wildman–Crippen LogP) is 7.79. The van der Waals surface area contributed by atoms with Gasteiger partial charge in [-0.25, -0.2) is 0 Å². The minimum atomic E-state index is -0.255. The Morgan fingerprint density at radius 1 is 0.500 bits per heavy atom. The summed E-state index contributed by atoms with van der Waals surface area (Å²) in [5, 5.41) is 3.02. The monoisotopic (exact) mass is 510 g/mol. The Hall–Kier alpha value is -0.767. The quantitative estimate of drug-likeness (QED) is 0.285. The first-order valence-electron chi connectivity index (χ1n) is 10.6. The van der Waals surface area contributed by atoms with Crippen molar-refractivity contribution in [2.45, 2.75) is 25.9 Å². The molecule has 3 fully saturated rings. The largest absolute Gasteiger partial charge is 4.00 e. The van der Waals surface area contributed by atoms with E-state index < -0.39 is 0 Å². The maximum absolute atomic E-state index is 3.59. The Labute approximate surface area is 217 Å². The van der Waals surface area contributed by atoms with Gasteiger partial charge in [-0.1, -0.05) is 32.9 Å². The average Bonchev–Trinajstić information content (AvgIpc) is 3.28. The van der Waals surface area contributed by atoms with Crippen LogP contribution in [0, 0.1) is 76.4 Å². The van der Waals surface area contributed by atoms with Crippen molar-refractivity contribution >= 4 is 7.92 Å². The van der Waals surface area contributed by atoms with Crippen molar-refractivity contribution in [3.63, 3.8) is 0 Å². The molecule has 3 aliphatic rings. The first-order valence-corrected chi connectivity index (χ1v) is 11.9. The first kappa shape index (κ1) is 27.5. The second-order valence-corrected chi connectivity index (χ2v) is 11.0. The molecule has 2 heteroatoms. The molecule has 1 aliphatic heterocycles. The van der Waals surface area contributed by atoms with Gasteiger partial charge < -0.3 is 0 Å². The molecule has 0 aromatic heterocycles. The molecule has 2 aromatic rings. The number of hydrogen-bond acceptors (Lipinski definition) is 0. The summed E-state index contributed by atoms with van der Waals surface area (Å²) in [6.07, 6.45) is 27.2. The van der Waals surface area contributed by atoms with Gasteiger partial charge in [0.05, 0.1) is 0 Å². The third-order valence-corrected chi connectivity index (χ3v) is 7.16. The molecular weight excluding hydrogens is 483 g/mol. The molecule has 0 unspecified atom stereocenters. The van der Waals surface area contributed by atoms with Gasteiger partial charge in [0, 0.05) is 0 Å². The van der Waals surface area contributed by atoms with Crippen LogP contribution in [0.1, 0.15) is 31.9 Å². The van der Waals surface area contributed by atoms with Crippen LogP contribution in [-0.4, -0.2) is 5.16 Å². The van der Waals surface area contributed by atoms with E-state index in [1.165, 1.54) is 10.6 Å². The SMILES string of the molecule is CC(C)(C)P1C(=[C-]c2ccccc2)C1=[C-]c1ccccc1.[CH]1[CH][CH][CH][CH]1.[CH]1[CH][CH][CH][CH]1.[Zr+4]. The molecule has 10 radical (unpaired) electrons. The van der Waals surface area contributed by atoms with Crippen LogP contribution < -0.4 is 0 Å². The second-order valence-electron chi connectivity index (χ2n) is 8.11. The molecule has 5 rings (SSSR count). The van der Waals surface area contributed by atoms with Crippen LogP contribution >= 0.6 is 7.92 Å². The molecule has 32 heavy (non-hydrogen) atoms. The third-order valence-electron chi connectivity index (χ3n) is 4.48. The fourth-order valence-electron chi connectivity index (χ4n) is 3.02. The standard InChI is InChI=1S/C20H19P.2C5H5.Zr/c1-20(2,3)21-18(14-16-10-6-4-7-11-16)19(21)15-17-12-8-5-9-13-17;2*1-2-4-5-3-1;/h4-13H,1-3H3;2*1-5H;/q-2;;;+4. The topological polar surface area (TPSA) is 0 Å². The van der Waals surface area contributed by atoms with Gasteiger partial charge in [-0.05, 0) is 69.4 Å². The van der Waals surface area contributed by atoms with E-state index in [0.29, 0.717) is 0 Å². The van der Waals surface area contributed by atoms with E-state index in [1.54, 1.807) is 0 Å². The summed E-state index contributed by atoms with van der Waals surface area (Å²) in [5.74, 6) is 0. The number of hydrogen-bond donors (Lipinski definition) is 0. The summed E-state index contributed by atoms with van der Waals surface area (Å²) in [4.78, 5) is 0. The van der Waals surface area contributed by atoms with E-state index in [2.05, 4.69) is 81.5 Å². The van der Waals surface area contributed by atoms with Crippen molar-refractivity contribution in [1.82, 2.24) is 0 Å². The van der Waals surface area contributed by atoms with Gasteiger partial charge in [0.25, 0.3) is 0 Å². The van der Waals surface area contributed by atoms with Gasteiger partial charge in [0.1, 0.15) is 0 Å². The second kappa shape index (κ2) is 14.5. The first-order chi connectivity index (χ1) is 15.1. The Morgan fingerprint density at radius 2 is 0.781 bits per heavy atom. The number of benzene rings is 2. The van der Waals surface area contributed by atoms with E-state index >= 15 is 0 Å². The van der Waals surface area contributed by atoms with Crippen LogP contribution in [0.15, 0.2) is 71.3 Å². The Bertz CT molecular complexity index is 741. The van der Waals surface area contributed by atoms with Crippen molar-refractivity contribution in [3.8, 4) is 0 Å². The molecule has 2 saturated carbocycles. The van der Waals surface area contributed by atoms with Crippen LogP contribution in [0.4, 0.5) is 0 Å². The molecule has 156 valence electrons. The molecule has 0 spiro atoms. The van der Waals surface area contributed by atoms with E-state index in [-0.39, 0.29) is 39.3 Å². The maximum Gasteiger partial charge on any atom is 4.00 e. The van der Waals surface area contributed by atoms with Gasteiger partial charge in [-0.15, -0.1) is 48.5 Å². The molecule has 0 bridgehead atoms. The zero-order valence-corrected chi connectivity index (χ0v) is 22.3. The third kappa shape index (κ3) is 9.61. The zero-order chi connectivity index (χ0) is 21.9. The Balaban J connectivity index is 0.000000271. The molecule has 1 heterocycles. The smallest absolute Gasteiger partial charge is 0.186 e. The van der Waals surface area contributed by atoms with Gasteiger partial charge in [0.2, 0.25) is 0 Å². The van der Waals surface area contributed by atoms with Crippen LogP contribution in [0.3, 0.4) is 0 Å². The summed E-state index contributed by atoms with van der Waals surface area (Å²) in [5.41, 5.74) is 2.32. The molecule has 0 nitrogen and oxygen atoms in total. The fourth-order valence-corrected chi connectivity index (χ4v) is 5.44. The molecular formula is C30H29PZr+2. The van der Waals surface area contributed by atoms with E-state index in [4.69, 9.17) is 0 Å². The van der Waals surface area contributed by atoms with Crippen LogP contribution in [-0.2, 0) is 26.2 Å². The normalized spacial score (nSPS) is 21.8. The maximum atomic E-state index is 3.59. The minimum absolute atomic E-state index is 0. The van der Waals surface area contributed by atoms with Gasteiger partial charge in [0.15, 0.2) is 0 Å². The summed E-state index contributed by atoms with van der Waals surface area (Å²) in [6, 6.07) is 20.8. The van der Waals surface area contributed by atoms with Crippen molar-refractivity contribution < 1.29 is 26.2 Å². The summed E-state index contributed by atoms with van der Waals surface area (Å²) in [6.45, 7) is 6.93. The minimum Gasteiger partial charge on any atom is -0.186 e. The van der Waals surface area contributed by atoms with E-state index in [9.17, 15) is 0 Å².